The van der Waals surface area contributed by atoms with Crippen molar-refractivity contribution in [2.45, 2.75) is 57.9 Å². The summed E-state index contributed by atoms with van der Waals surface area (Å²) in [4.78, 5) is 4.73. The molecule has 4 nitrogen and oxygen atoms in total. The van der Waals surface area contributed by atoms with Crippen LogP contribution in [0.15, 0.2) is 274 Å². The van der Waals surface area contributed by atoms with Gasteiger partial charge in [0.2, 0.25) is 0 Å². The molecular formula is C67H70N4. The second-order valence-corrected chi connectivity index (χ2v) is 20.0. The van der Waals surface area contributed by atoms with Crippen molar-refractivity contribution in [1.82, 2.24) is 5.32 Å². The summed E-state index contributed by atoms with van der Waals surface area (Å²) in [7, 11) is 0. The Labute approximate surface area is 424 Å². The van der Waals surface area contributed by atoms with Crippen LogP contribution in [0.3, 0.4) is 0 Å². The van der Waals surface area contributed by atoms with Gasteiger partial charge in [0.25, 0.3) is 0 Å². The lowest BCUT2D eigenvalue weighted by molar-refractivity contribution is -0.0286. The van der Waals surface area contributed by atoms with E-state index in [1.165, 1.54) is 39.2 Å². The van der Waals surface area contributed by atoms with Crippen LogP contribution < -0.4 is 20.4 Å². The van der Waals surface area contributed by atoms with Crippen LogP contribution in [0.5, 0.6) is 0 Å². The van der Waals surface area contributed by atoms with Crippen LogP contribution in [0.1, 0.15) is 63.0 Å². The minimum atomic E-state index is -0.198. The van der Waals surface area contributed by atoms with E-state index in [1.807, 2.05) is 18.2 Å². The maximum atomic E-state index is 4.62. The predicted molar refractivity (Wildman–Crippen MR) is 305 cm³/mol. The van der Waals surface area contributed by atoms with Gasteiger partial charge in [-0.15, -0.1) is 6.58 Å². The van der Waals surface area contributed by atoms with E-state index in [2.05, 4.69) is 267 Å². The molecule has 0 amide bonds. The first-order valence-corrected chi connectivity index (χ1v) is 25.6. The largest absolute Gasteiger partial charge is 0.379 e. The number of hydrogen-bond acceptors (Lipinski definition) is 4. The molecular weight excluding hydrogens is 861 g/mol. The second kappa shape index (κ2) is 22.5. The molecule has 2 N–H and O–H groups in total. The van der Waals surface area contributed by atoms with Gasteiger partial charge < -0.3 is 20.4 Å². The molecule has 0 aromatic heterocycles. The lowest BCUT2D eigenvalue weighted by Crippen LogP contribution is -2.55. The molecule has 6 atom stereocenters. The number of fused-ring (bicyclic) bond motifs is 2. The first-order chi connectivity index (χ1) is 34.8. The number of para-hydroxylation sites is 3. The lowest BCUT2D eigenvalue weighted by atomic mass is 9.42. The van der Waals surface area contributed by atoms with Gasteiger partial charge in [0.15, 0.2) is 0 Å². The van der Waals surface area contributed by atoms with Gasteiger partial charge in [-0.25, -0.2) is 0 Å². The van der Waals surface area contributed by atoms with Crippen molar-refractivity contribution in [3.8, 4) is 0 Å². The van der Waals surface area contributed by atoms with Crippen molar-refractivity contribution in [3.05, 3.63) is 285 Å². The standard InChI is InChI=1S/C67H70N4/c1-6-9-11-25-43-68-54-40-42-67(52-30-27-33-55(46-52)69-53-31-19-14-20-32-53)49-64(63(67)47-54)66(4,5)65-59(8-3)61(41-45-70(44-26-12-10-7-2)56-34-21-15-22-35-56)60-39-38-58(48-62(60)65)71(57-36-23-16-24-37-57)50-51-28-17-13-18-29-51/h6-8,10,12-28,30-32,34-48,51,55,63-65,68-69H,1-3,9,11,29,33,49-50H2,4-5H3/b12-10-,43-25-,44-26-,45-41-. The summed E-state index contributed by atoms with van der Waals surface area (Å²) in [5, 5.41) is 7.51. The molecule has 5 aliphatic rings. The van der Waals surface area contributed by atoms with E-state index < -0.39 is 0 Å². The minimum absolute atomic E-state index is 0.0712. The normalized spacial score (nSPS) is 23.4. The fourth-order valence-corrected chi connectivity index (χ4v) is 11.6. The molecule has 0 radical (unpaired) electrons. The summed E-state index contributed by atoms with van der Waals surface area (Å²) in [6, 6.07) is 39.6. The molecule has 0 bridgehead atoms. The fourth-order valence-electron chi connectivity index (χ4n) is 11.6. The third kappa shape index (κ3) is 10.6. The Balaban J connectivity index is 1.15. The van der Waals surface area contributed by atoms with E-state index in [9.17, 15) is 0 Å². The molecule has 358 valence electrons. The van der Waals surface area contributed by atoms with Crippen molar-refractivity contribution in [2.75, 3.05) is 21.7 Å². The number of nitrogens with zero attached hydrogens (tertiary/aromatic N) is 2. The van der Waals surface area contributed by atoms with E-state index in [1.54, 1.807) is 6.08 Å². The third-order valence-corrected chi connectivity index (χ3v) is 15.2. The van der Waals surface area contributed by atoms with Gasteiger partial charge in [0.05, 0.1) is 0 Å². The van der Waals surface area contributed by atoms with Crippen molar-refractivity contribution in [3.63, 3.8) is 0 Å². The summed E-state index contributed by atoms with van der Waals surface area (Å²) in [6.07, 6.45) is 51.6. The molecule has 71 heavy (non-hydrogen) atoms. The van der Waals surface area contributed by atoms with Gasteiger partial charge in [-0.1, -0.05) is 179 Å². The Kier molecular flexibility index (Phi) is 15.3. The molecule has 5 aliphatic carbocycles. The van der Waals surface area contributed by atoms with Gasteiger partial charge in [0.1, 0.15) is 0 Å². The Morgan fingerprint density at radius 1 is 0.761 bits per heavy atom. The molecule has 4 aromatic carbocycles. The predicted octanol–water partition coefficient (Wildman–Crippen LogP) is 16.8. The molecule has 0 spiro atoms. The van der Waals surface area contributed by atoms with Gasteiger partial charge in [-0.05, 0) is 156 Å². The zero-order valence-electron chi connectivity index (χ0n) is 41.7. The molecule has 9 rings (SSSR count). The van der Waals surface area contributed by atoms with Crippen molar-refractivity contribution in [1.29, 1.82) is 0 Å². The van der Waals surface area contributed by atoms with Gasteiger partial charge in [-0.2, -0.15) is 0 Å². The second-order valence-electron chi connectivity index (χ2n) is 20.0. The van der Waals surface area contributed by atoms with Gasteiger partial charge in [0, 0.05) is 64.8 Å². The fraction of sp³-hybridized carbons (Fsp3) is 0.224. The van der Waals surface area contributed by atoms with Crippen molar-refractivity contribution < 1.29 is 0 Å². The maximum absolute atomic E-state index is 4.62. The zero-order chi connectivity index (χ0) is 49.0. The molecule has 0 saturated heterocycles. The van der Waals surface area contributed by atoms with E-state index in [-0.39, 0.29) is 28.7 Å². The number of allylic oxidation sites excluding steroid dienone is 18. The van der Waals surface area contributed by atoms with Crippen molar-refractivity contribution in [2.24, 2.45) is 28.6 Å². The maximum Gasteiger partial charge on any atom is 0.0484 e. The summed E-state index contributed by atoms with van der Waals surface area (Å²) in [6.45, 7) is 18.4. The average molecular weight is 931 g/mol. The van der Waals surface area contributed by atoms with Gasteiger partial charge >= 0.3 is 0 Å². The van der Waals surface area contributed by atoms with Crippen LogP contribution in [0, 0.1) is 28.6 Å². The number of anilines is 4. The van der Waals surface area contributed by atoms with Crippen LogP contribution in [0.2, 0.25) is 0 Å². The highest BCUT2D eigenvalue weighted by molar-refractivity contribution is 5.88. The van der Waals surface area contributed by atoms with Crippen molar-refractivity contribution >= 4 is 28.3 Å². The van der Waals surface area contributed by atoms with Crippen LogP contribution in [-0.2, 0) is 0 Å². The number of nitrogens with one attached hydrogen (secondary N) is 2. The number of benzene rings is 4. The van der Waals surface area contributed by atoms with E-state index in [0.717, 1.165) is 55.7 Å². The highest BCUT2D eigenvalue weighted by Gasteiger charge is 2.61. The van der Waals surface area contributed by atoms with Crippen LogP contribution >= 0.6 is 0 Å². The highest BCUT2D eigenvalue weighted by atomic mass is 15.1. The zero-order valence-corrected chi connectivity index (χ0v) is 41.7. The highest BCUT2D eigenvalue weighted by Crippen LogP contribution is 2.69. The first-order valence-electron chi connectivity index (χ1n) is 25.6. The molecule has 6 unspecified atom stereocenters. The number of hydrogen-bond donors (Lipinski definition) is 2. The Bertz CT molecular complexity index is 2880. The Morgan fingerprint density at radius 2 is 1.54 bits per heavy atom. The monoisotopic (exact) mass is 931 g/mol. The third-order valence-electron chi connectivity index (χ3n) is 15.2. The van der Waals surface area contributed by atoms with Crippen LogP contribution in [0.4, 0.5) is 22.7 Å². The molecule has 1 saturated carbocycles. The summed E-state index contributed by atoms with van der Waals surface area (Å²) in [5.41, 5.74) is 12.0. The Morgan fingerprint density at radius 3 is 2.27 bits per heavy atom. The molecule has 0 aliphatic heterocycles. The molecule has 1 fully saturated rings. The van der Waals surface area contributed by atoms with E-state index >= 15 is 0 Å². The smallest absolute Gasteiger partial charge is 0.0484 e. The molecule has 0 heterocycles. The van der Waals surface area contributed by atoms with E-state index in [0.29, 0.717) is 11.8 Å². The Hall–Kier alpha value is -7.56. The topological polar surface area (TPSA) is 30.5 Å². The van der Waals surface area contributed by atoms with Crippen LogP contribution in [-0.4, -0.2) is 12.6 Å². The minimum Gasteiger partial charge on any atom is -0.379 e. The quantitative estimate of drug-likeness (QED) is 0.0495. The van der Waals surface area contributed by atoms with E-state index in [4.69, 9.17) is 0 Å². The summed E-state index contributed by atoms with van der Waals surface area (Å²) < 4.78 is 0. The number of unbranched alkanes of at least 4 members (excludes halogenated alkanes) is 1. The molecule has 4 aromatic rings. The summed E-state index contributed by atoms with van der Waals surface area (Å²) in [5.74, 6) is 1.07. The average Bonchev–Trinajstić information content (AvgIpc) is 3.73. The van der Waals surface area contributed by atoms with Gasteiger partial charge in [-0.3, -0.25) is 0 Å². The van der Waals surface area contributed by atoms with Crippen LogP contribution in [0.25, 0.3) is 5.57 Å². The lowest BCUT2D eigenvalue weighted by Gasteiger charge is -2.62. The summed E-state index contributed by atoms with van der Waals surface area (Å²) >= 11 is 0. The number of rotatable bonds is 21. The molecule has 4 heteroatoms. The SMILES string of the molecule is C=C/C=C\C=C/N(/C=C\C1=C(C=C)C(C(C)(C)C2CC3(C4=CC(Nc5ccccc5)CC=C4)C=CC(N/C=C\CCC=C)=CC23)c2cc(N(CC3C=CC=CC3)c3ccccc3)ccc21)c1ccccc1. The first kappa shape index (κ1) is 48.5.